The Bertz CT molecular complexity index is 677. The van der Waals surface area contributed by atoms with Crippen LogP contribution in [0, 0.1) is 13.8 Å². The van der Waals surface area contributed by atoms with Gasteiger partial charge in [-0.05, 0) is 25.0 Å². The zero-order valence-corrected chi connectivity index (χ0v) is 9.89. The highest BCUT2D eigenvalue weighted by atomic mass is 16.4. The maximum atomic E-state index is 11.5. The molecule has 2 aromatic heterocycles. The highest BCUT2D eigenvalue weighted by Crippen LogP contribution is 2.16. The molecule has 0 aliphatic heterocycles. The molecule has 0 spiro atoms. The topological polar surface area (TPSA) is 95.9 Å². The van der Waals surface area contributed by atoms with Gasteiger partial charge in [-0.2, -0.15) is 0 Å². The molecule has 0 radical (unpaired) electrons. The van der Waals surface area contributed by atoms with E-state index < -0.39 is 11.5 Å². The number of aromatic amines is 1. The van der Waals surface area contributed by atoms with Gasteiger partial charge in [-0.1, -0.05) is 6.07 Å². The van der Waals surface area contributed by atoms with E-state index in [9.17, 15) is 9.59 Å². The number of aromatic carboxylic acids is 1. The molecule has 18 heavy (non-hydrogen) atoms. The van der Waals surface area contributed by atoms with Gasteiger partial charge >= 0.3 is 5.97 Å². The monoisotopic (exact) mass is 245 g/mol. The third kappa shape index (κ3) is 2.13. The van der Waals surface area contributed by atoms with Crippen LogP contribution in [-0.2, 0) is 0 Å². The first-order valence-corrected chi connectivity index (χ1v) is 5.25. The number of rotatable bonds is 2. The summed E-state index contributed by atoms with van der Waals surface area (Å²) < 4.78 is 0. The van der Waals surface area contributed by atoms with Gasteiger partial charge < -0.3 is 10.1 Å². The first-order valence-electron chi connectivity index (χ1n) is 5.25. The lowest BCUT2D eigenvalue weighted by molar-refractivity contribution is 0.0694. The lowest BCUT2D eigenvalue weighted by atomic mass is 10.1. The number of carbonyl (C=O) groups is 1. The van der Waals surface area contributed by atoms with Crippen molar-refractivity contribution < 1.29 is 9.90 Å². The Labute approximate surface area is 102 Å². The summed E-state index contributed by atoms with van der Waals surface area (Å²) in [5.41, 5.74) is 1.33. The molecule has 0 aliphatic carbocycles. The fourth-order valence-electron chi connectivity index (χ4n) is 1.63. The van der Waals surface area contributed by atoms with Gasteiger partial charge in [-0.25, -0.2) is 9.78 Å². The standard InChI is InChI=1S/C12H11N3O3/c1-6-3-7(2)9(13-4-6)10-14-5-8(12(17)18)11(16)15-10/h3-5H,1-2H3,(H,17,18)(H,14,15,16). The molecule has 0 amide bonds. The average molecular weight is 245 g/mol. The molecule has 0 unspecified atom stereocenters. The second-order valence-corrected chi connectivity index (χ2v) is 3.96. The van der Waals surface area contributed by atoms with Crippen molar-refractivity contribution in [3.8, 4) is 11.5 Å². The number of pyridine rings is 1. The average Bonchev–Trinajstić information content (AvgIpc) is 2.28. The maximum Gasteiger partial charge on any atom is 0.342 e. The van der Waals surface area contributed by atoms with E-state index in [0.29, 0.717) is 5.69 Å². The van der Waals surface area contributed by atoms with Crippen LogP contribution in [0.15, 0.2) is 23.3 Å². The van der Waals surface area contributed by atoms with Crippen LogP contribution in [0.5, 0.6) is 0 Å². The molecular weight excluding hydrogens is 234 g/mol. The predicted molar refractivity (Wildman–Crippen MR) is 64.5 cm³/mol. The lowest BCUT2D eigenvalue weighted by Crippen LogP contribution is -2.19. The fraction of sp³-hybridized carbons (Fsp3) is 0.167. The van der Waals surface area contributed by atoms with Crippen molar-refractivity contribution in [2.45, 2.75) is 13.8 Å². The van der Waals surface area contributed by atoms with Crippen molar-refractivity contribution in [3.05, 3.63) is 45.5 Å². The van der Waals surface area contributed by atoms with E-state index in [1.54, 1.807) is 6.20 Å². The van der Waals surface area contributed by atoms with Crippen molar-refractivity contribution in [1.82, 2.24) is 15.0 Å². The summed E-state index contributed by atoms with van der Waals surface area (Å²) in [5.74, 6) is -1.04. The highest BCUT2D eigenvalue weighted by Gasteiger charge is 2.12. The van der Waals surface area contributed by atoms with Crippen LogP contribution in [0.25, 0.3) is 11.5 Å². The van der Waals surface area contributed by atoms with Gasteiger partial charge in [0.1, 0.15) is 11.3 Å². The van der Waals surface area contributed by atoms with Gasteiger partial charge in [0.25, 0.3) is 5.56 Å². The number of aryl methyl sites for hydroxylation is 2. The van der Waals surface area contributed by atoms with E-state index in [0.717, 1.165) is 17.3 Å². The highest BCUT2D eigenvalue weighted by molar-refractivity contribution is 5.86. The van der Waals surface area contributed by atoms with Crippen LogP contribution in [0.1, 0.15) is 21.5 Å². The molecule has 0 bridgehead atoms. The Kier molecular flexibility index (Phi) is 2.93. The minimum absolute atomic E-state index is 0.266. The van der Waals surface area contributed by atoms with Crippen molar-refractivity contribution in [2.75, 3.05) is 0 Å². The van der Waals surface area contributed by atoms with E-state index in [4.69, 9.17) is 5.11 Å². The van der Waals surface area contributed by atoms with Crippen LogP contribution < -0.4 is 5.56 Å². The second kappa shape index (κ2) is 4.40. The summed E-state index contributed by atoms with van der Waals surface area (Å²) in [6, 6.07) is 1.91. The van der Waals surface area contributed by atoms with E-state index >= 15 is 0 Å². The predicted octanol–water partition coefficient (Wildman–Crippen LogP) is 1.15. The molecule has 6 heteroatoms. The van der Waals surface area contributed by atoms with Gasteiger partial charge in [0.05, 0.1) is 0 Å². The van der Waals surface area contributed by atoms with E-state index in [2.05, 4.69) is 15.0 Å². The number of aromatic nitrogens is 3. The Hall–Kier alpha value is -2.50. The fourth-order valence-corrected chi connectivity index (χ4v) is 1.63. The van der Waals surface area contributed by atoms with E-state index in [1.807, 2.05) is 19.9 Å². The summed E-state index contributed by atoms with van der Waals surface area (Å²) in [4.78, 5) is 32.8. The summed E-state index contributed by atoms with van der Waals surface area (Å²) in [6.45, 7) is 3.76. The number of nitrogens with one attached hydrogen (secondary N) is 1. The first kappa shape index (κ1) is 12.0. The Morgan fingerprint density at radius 3 is 2.56 bits per heavy atom. The molecule has 2 rings (SSSR count). The number of H-pyrrole nitrogens is 1. The minimum atomic E-state index is -1.30. The zero-order valence-electron chi connectivity index (χ0n) is 9.89. The molecule has 0 atom stereocenters. The van der Waals surface area contributed by atoms with Crippen LogP contribution in [0.3, 0.4) is 0 Å². The number of carboxylic acid groups (broad SMARTS) is 1. The molecule has 0 saturated carbocycles. The summed E-state index contributed by atoms with van der Waals surface area (Å²) in [6.07, 6.45) is 2.70. The Morgan fingerprint density at radius 1 is 1.28 bits per heavy atom. The number of hydrogen-bond acceptors (Lipinski definition) is 4. The van der Waals surface area contributed by atoms with Crippen LogP contribution >= 0.6 is 0 Å². The van der Waals surface area contributed by atoms with E-state index in [-0.39, 0.29) is 11.4 Å². The van der Waals surface area contributed by atoms with Crippen molar-refractivity contribution in [2.24, 2.45) is 0 Å². The van der Waals surface area contributed by atoms with Crippen LogP contribution in [-0.4, -0.2) is 26.0 Å². The van der Waals surface area contributed by atoms with E-state index in [1.165, 1.54) is 0 Å². The smallest absolute Gasteiger partial charge is 0.342 e. The van der Waals surface area contributed by atoms with Crippen molar-refractivity contribution in [1.29, 1.82) is 0 Å². The van der Waals surface area contributed by atoms with Gasteiger partial charge in [0.2, 0.25) is 0 Å². The molecule has 2 aromatic rings. The van der Waals surface area contributed by atoms with Crippen LogP contribution in [0.4, 0.5) is 0 Å². The largest absolute Gasteiger partial charge is 0.477 e. The molecule has 0 aromatic carbocycles. The first-order chi connectivity index (χ1) is 8.49. The van der Waals surface area contributed by atoms with Gasteiger partial charge in [-0.3, -0.25) is 9.78 Å². The summed E-state index contributed by atoms with van der Waals surface area (Å²) >= 11 is 0. The van der Waals surface area contributed by atoms with Crippen LogP contribution in [0.2, 0.25) is 0 Å². The number of hydrogen-bond donors (Lipinski definition) is 2. The zero-order chi connectivity index (χ0) is 13.3. The number of carboxylic acids is 1. The molecule has 0 saturated heterocycles. The molecule has 6 nitrogen and oxygen atoms in total. The Balaban J connectivity index is 2.56. The molecule has 0 fully saturated rings. The van der Waals surface area contributed by atoms with Gasteiger partial charge in [0.15, 0.2) is 5.82 Å². The lowest BCUT2D eigenvalue weighted by Gasteiger charge is -2.04. The Morgan fingerprint density at radius 2 is 2.00 bits per heavy atom. The van der Waals surface area contributed by atoms with Gasteiger partial charge in [0, 0.05) is 12.4 Å². The molecule has 2 N–H and O–H groups in total. The second-order valence-electron chi connectivity index (χ2n) is 3.96. The SMILES string of the molecule is Cc1cnc(-c2ncc(C(=O)O)c(=O)[nH]2)c(C)c1. The van der Waals surface area contributed by atoms with Gasteiger partial charge in [-0.15, -0.1) is 0 Å². The summed E-state index contributed by atoms with van der Waals surface area (Å²) in [5, 5.41) is 8.74. The maximum absolute atomic E-state index is 11.5. The number of nitrogens with zero attached hydrogens (tertiary/aromatic N) is 2. The normalized spacial score (nSPS) is 10.3. The molecule has 92 valence electrons. The summed E-state index contributed by atoms with van der Waals surface area (Å²) in [7, 11) is 0. The van der Waals surface area contributed by atoms with Crippen molar-refractivity contribution in [3.63, 3.8) is 0 Å². The van der Waals surface area contributed by atoms with Crippen molar-refractivity contribution >= 4 is 5.97 Å². The third-order valence-corrected chi connectivity index (χ3v) is 2.47. The third-order valence-electron chi connectivity index (χ3n) is 2.47. The minimum Gasteiger partial charge on any atom is -0.477 e. The molecule has 0 aliphatic rings. The molecule has 2 heterocycles. The quantitative estimate of drug-likeness (QED) is 0.827. The molecular formula is C12H11N3O3.